The molecule has 1 fully saturated rings. The maximum Gasteiger partial charge on any atom is 0.234 e. The summed E-state index contributed by atoms with van der Waals surface area (Å²) in [5.74, 6) is 0.262. The largest absolute Gasteiger partial charge is 0.325 e. The molecule has 2 aromatic rings. The van der Waals surface area contributed by atoms with Crippen LogP contribution in [0, 0.1) is 13.8 Å². The Hall–Kier alpha value is -2.32. The molecule has 6 nitrogen and oxygen atoms in total. The van der Waals surface area contributed by atoms with E-state index < -0.39 is 9.84 Å². The molecule has 0 unspecified atom stereocenters. The van der Waals surface area contributed by atoms with Crippen molar-refractivity contribution >= 4 is 44.0 Å². The zero-order valence-corrected chi connectivity index (χ0v) is 18.0. The molecule has 0 spiro atoms. The topological polar surface area (TPSA) is 78.8 Å². The number of para-hydroxylation sites is 1. The van der Waals surface area contributed by atoms with Crippen LogP contribution >= 0.6 is 11.8 Å². The van der Waals surface area contributed by atoms with Crippen LogP contribution in [-0.4, -0.2) is 48.8 Å². The van der Waals surface area contributed by atoms with E-state index in [1.807, 2.05) is 67.3 Å². The Morgan fingerprint density at radius 2 is 1.93 bits per heavy atom. The number of thioether (sulfide) groups is 1. The number of carbonyl (C=O) groups excluding carboxylic acids is 1. The molecule has 1 saturated heterocycles. The van der Waals surface area contributed by atoms with Crippen LogP contribution in [0.3, 0.4) is 0 Å². The molecular weight excluding hydrogens is 406 g/mol. The van der Waals surface area contributed by atoms with Crippen molar-refractivity contribution in [3.8, 4) is 0 Å². The number of carbonyl (C=O) groups is 1. The molecule has 2 aliphatic rings. The fraction of sp³-hybridized carbons (Fsp3) is 0.333. The van der Waals surface area contributed by atoms with E-state index in [9.17, 15) is 13.2 Å². The van der Waals surface area contributed by atoms with Gasteiger partial charge < -0.3 is 10.2 Å². The molecule has 2 atom stereocenters. The quantitative estimate of drug-likeness (QED) is 0.808. The molecule has 0 aliphatic carbocycles. The predicted molar refractivity (Wildman–Crippen MR) is 120 cm³/mol. The van der Waals surface area contributed by atoms with Gasteiger partial charge in [-0.05, 0) is 37.6 Å². The summed E-state index contributed by atoms with van der Waals surface area (Å²) in [4.78, 5) is 19.1. The number of amides is 1. The number of anilines is 2. The highest BCUT2D eigenvalue weighted by Crippen LogP contribution is 2.35. The molecule has 29 heavy (non-hydrogen) atoms. The second-order valence-corrected chi connectivity index (χ2v) is 10.6. The van der Waals surface area contributed by atoms with E-state index in [0.29, 0.717) is 5.17 Å². The molecular formula is C21H23N3O3S2. The van der Waals surface area contributed by atoms with Gasteiger partial charge in [-0.15, -0.1) is 0 Å². The maximum atomic E-state index is 12.5. The first-order chi connectivity index (χ1) is 13.8. The van der Waals surface area contributed by atoms with Crippen molar-refractivity contribution in [2.75, 3.05) is 27.5 Å². The third-order valence-corrected chi connectivity index (χ3v) is 7.80. The molecule has 0 saturated carbocycles. The minimum atomic E-state index is -3.09. The molecule has 1 amide bonds. The molecule has 8 heteroatoms. The first kappa shape index (κ1) is 20.0. The van der Waals surface area contributed by atoms with Crippen LogP contribution < -0.4 is 10.2 Å². The van der Waals surface area contributed by atoms with Crippen LogP contribution in [0.4, 0.5) is 11.4 Å². The van der Waals surface area contributed by atoms with Crippen molar-refractivity contribution in [2.45, 2.75) is 25.9 Å². The molecule has 2 aromatic carbocycles. The molecule has 152 valence electrons. The summed E-state index contributed by atoms with van der Waals surface area (Å²) in [7, 11) is -3.09. The normalized spacial score (nSPS) is 22.3. The van der Waals surface area contributed by atoms with E-state index in [1.54, 1.807) is 0 Å². The first-order valence-electron chi connectivity index (χ1n) is 9.45. The Balaban J connectivity index is 1.48. The third kappa shape index (κ3) is 4.33. The van der Waals surface area contributed by atoms with Crippen molar-refractivity contribution in [1.29, 1.82) is 0 Å². The summed E-state index contributed by atoms with van der Waals surface area (Å²) in [6.07, 6.45) is 0. The van der Waals surface area contributed by atoms with E-state index in [2.05, 4.69) is 10.3 Å². The molecule has 0 bridgehead atoms. The Bertz CT molecular complexity index is 1070. The Labute approximate surface area is 175 Å². The van der Waals surface area contributed by atoms with Crippen molar-refractivity contribution in [2.24, 2.45) is 4.99 Å². The Morgan fingerprint density at radius 3 is 2.66 bits per heavy atom. The van der Waals surface area contributed by atoms with Gasteiger partial charge in [0.05, 0.1) is 29.3 Å². The summed E-state index contributed by atoms with van der Waals surface area (Å²) in [5, 5.41) is 3.66. The van der Waals surface area contributed by atoms with Crippen molar-refractivity contribution in [1.82, 2.24) is 0 Å². The SMILES string of the molecule is Cc1ccc(NC(=O)CSC2=N[C@H]3CS(=O)(=O)C[C@H]3N2c2ccccc2)c(C)c1. The Morgan fingerprint density at radius 1 is 1.17 bits per heavy atom. The van der Waals surface area contributed by atoms with Crippen molar-refractivity contribution < 1.29 is 13.2 Å². The van der Waals surface area contributed by atoms with E-state index >= 15 is 0 Å². The van der Waals surface area contributed by atoms with Gasteiger partial charge >= 0.3 is 0 Å². The Kier molecular flexibility index (Phi) is 5.40. The average molecular weight is 430 g/mol. The molecule has 4 rings (SSSR count). The van der Waals surface area contributed by atoms with Crippen LogP contribution in [0.1, 0.15) is 11.1 Å². The van der Waals surface area contributed by atoms with E-state index in [0.717, 1.165) is 22.5 Å². The molecule has 2 aliphatic heterocycles. The fourth-order valence-corrected chi connectivity index (χ4v) is 6.56. The van der Waals surface area contributed by atoms with Gasteiger partial charge in [-0.2, -0.15) is 0 Å². The lowest BCUT2D eigenvalue weighted by Gasteiger charge is -2.26. The van der Waals surface area contributed by atoms with Gasteiger partial charge in [0.15, 0.2) is 15.0 Å². The number of nitrogens with zero attached hydrogens (tertiary/aromatic N) is 2. The van der Waals surface area contributed by atoms with Gasteiger partial charge in [-0.25, -0.2) is 8.42 Å². The summed E-state index contributed by atoms with van der Waals surface area (Å²) >= 11 is 1.35. The number of sulfone groups is 1. The lowest BCUT2D eigenvalue weighted by molar-refractivity contribution is -0.113. The van der Waals surface area contributed by atoms with Gasteiger partial charge in [0, 0.05) is 11.4 Å². The van der Waals surface area contributed by atoms with Gasteiger partial charge in [-0.1, -0.05) is 47.7 Å². The number of hydrogen-bond acceptors (Lipinski definition) is 6. The van der Waals surface area contributed by atoms with Crippen LogP contribution in [0.25, 0.3) is 0 Å². The van der Waals surface area contributed by atoms with Crippen LogP contribution in [0.2, 0.25) is 0 Å². The van der Waals surface area contributed by atoms with E-state index in [-0.39, 0.29) is 35.2 Å². The van der Waals surface area contributed by atoms with E-state index in [4.69, 9.17) is 0 Å². The zero-order chi connectivity index (χ0) is 20.6. The minimum Gasteiger partial charge on any atom is -0.325 e. The van der Waals surface area contributed by atoms with Gasteiger partial charge in [-0.3, -0.25) is 9.79 Å². The smallest absolute Gasteiger partial charge is 0.234 e. The number of aryl methyl sites for hydroxylation is 2. The average Bonchev–Trinajstić information content (AvgIpc) is 3.14. The highest BCUT2D eigenvalue weighted by molar-refractivity contribution is 8.14. The van der Waals surface area contributed by atoms with Crippen LogP contribution in [-0.2, 0) is 14.6 Å². The summed E-state index contributed by atoms with van der Waals surface area (Å²) in [5.41, 5.74) is 3.87. The van der Waals surface area contributed by atoms with Gasteiger partial charge in [0.2, 0.25) is 5.91 Å². The van der Waals surface area contributed by atoms with Crippen LogP contribution in [0.5, 0.6) is 0 Å². The first-order valence-corrected chi connectivity index (χ1v) is 12.3. The summed E-state index contributed by atoms with van der Waals surface area (Å²) < 4.78 is 24.2. The lowest BCUT2D eigenvalue weighted by atomic mass is 10.1. The number of fused-ring (bicyclic) bond motifs is 1. The highest BCUT2D eigenvalue weighted by atomic mass is 32.2. The number of amidine groups is 1. The van der Waals surface area contributed by atoms with Gasteiger partial charge in [0.1, 0.15) is 0 Å². The summed E-state index contributed by atoms with van der Waals surface area (Å²) in [6.45, 7) is 3.98. The zero-order valence-electron chi connectivity index (χ0n) is 16.3. The highest BCUT2D eigenvalue weighted by Gasteiger charge is 2.47. The lowest BCUT2D eigenvalue weighted by Crippen LogP contribution is -2.39. The molecule has 2 heterocycles. The van der Waals surface area contributed by atoms with Gasteiger partial charge in [0.25, 0.3) is 0 Å². The third-order valence-electron chi connectivity index (χ3n) is 5.13. The molecule has 1 N–H and O–H groups in total. The number of rotatable bonds is 4. The monoisotopic (exact) mass is 429 g/mol. The molecule has 0 aromatic heterocycles. The fourth-order valence-electron chi connectivity index (χ4n) is 3.79. The minimum absolute atomic E-state index is 0.0693. The second kappa shape index (κ2) is 7.84. The maximum absolute atomic E-state index is 12.5. The standard InChI is InChI=1S/C21H23N3O3S2/c1-14-8-9-17(15(2)10-14)22-20(25)11-28-21-23-18-12-29(26,27)13-19(18)24(21)16-6-4-3-5-7-16/h3-10,18-19H,11-13H2,1-2H3,(H,22,25)/t18-,19+/m0/s1. The summed E-state index contributed by atoms with van der Waals surface area (Å²) in [6, 6.07) is 15.1. The number of hydrogen-bond donors (Lipinski definition) is 1. The number of benzene rings is 2. The van der Waals surface area contributed by atoms with Crippen molar-refractivity contribution in [3.63, 3.8) is 0 Å². The predicted octanol–water partition coefficient (Wildman–Crippen LogP) is 3.02. The van der Waals surface area contributed by atoms with Crippen LogP contribution in [0.15, 0.2) is 53.5 Å². The second-order valence-electron chi connectivity index (χ2n) is 7.48. The number of nitrogens with one attached hydrogen (secondary N) is 1. The van der Waals surface area contributed by atoms with Crippen molar-refractivity contribution in [3.05, 3.63) is 59.7 Å². The molecule has 0 radical (unpaired) electrons. The van der Waals surface area contributed by atoms with E-state index in [1.165, 1.54) is 11.8 Å². The number of aliphatic imine (C=N–C) groups is 1.